The molecule has 0 bridgehead atoms. The molecule has 1 fully saturated rings. The molecule has 0 saturated carbocycles. The molecule has 0 aliphatic carbocycles. The highest BCUT2D eigenvalue weighted by Crippen LogP contribution is 2.21. The number of rotatable bonds is 4. The molecular formula is C13H15NO5. The van der Waals surface area contributed by atoms with Crippen LogP contribution in [0.1, 0.15) is 18.1 Å². The number of carbonyl (C=O) groups is 2. The molecule has 1 aromatic rings. The lowest BCUT2D eigenvalue weighted by atomic mass is 9.98. The van der Waals surface area contributed by atoms with Gasteiger partial charge in [-0.2, -0.15) is 0 Å². The van der Waals surface area contributed by atoms with Crippen LogP contribution in [0.5, 0.6) is 0 Å². The third kappa shape index (κ3) is 2.74. The Morgan fingerprint density at radius 3 is 2.53 bits per heavy atom. The molecule has 19 heavy (non-hydrogen) atoms. The van der Waals surface area contributed by atoms with Gasteiger partial charge >= 0.3 is 5.97 Å². The van der Waals surface area contributed by atoms with Gasteiger partial charge in [-0.3, -0.25) is 4.79 Å². The highest BCUT2D eigenvalue weighted by Gasteiger charge is 2.44. The van der Waals surface area contributed by atoms with Gasteiger partial charge in [0.05, 0.1) is 6.61 Å². The van der Waals surface area contributed by atoms with Crippen molar-refractivity contribution >= 4 is 11.9 Å². The van der Waals surface area contributed by atoms with Crippen molar-refractivity contribution in [3.63, 3.8) is 0 Å². The number of benzene rings is 1. The number of hydrogen-bond donors (Lipinski definition) is 3. The van der Waals surface area contributed by atoms with E-state index in [2.05, 4.69) is 5.32 Å². The molecule has 3 N–H and O–H groups in total. The molecule has 1 aliphatic heterocycles. The minimum absolute atomic E-state index is 0.0877. The van der Waals surface area contributed by atoms with E-state index in [-0.39, 0.29) is 19.6 Å². The summed E-state index contributed by atoms with van der Waals surface area (Å²) < 4.78 is 5.03. The summed E-state index contributed by atoms with van der Waals surface area (Å²) in [5.74, 6) is -1.89. The van der Waals surface area contributed by atoms with Crippen LogP contribution in [-0.4, -0.2) is 40.8 Å². The molecule has 1 aliphatic rings. The Labute approximate surface area is 110 Å². The number of nitrogens with one attached hydrogen (secondary N) is 1. The van der Waals surface area contributed by atoms with Gasteiger partial charge in [0.2, 0.25) is 0 Å². The molecule has 1 aromatic carbocycles. The predicted molar refractivity (Wildman–Crippen MR) is 65.3 cm³/mol. The van der Waals surface area contributed by atoms with Crippen molar-refractivity contribution in [2.75, 3.05) is 13.2 Å². The van der Waals surface area contributed by atoms with Crippen molar-refractivity contribution in [3.8, 4) is 0 Å². The van der Waals surface area contributed by atoms with Gasteiger partial charge in [0.25, 0.3) is 5.91 Å². The normalized spacial score (nSPS) is 23.8. The van der Waals surface area contributed by atoms with E-state index < -0.39 is 23.5 Å². The molecule has 1 saturated heterocycles. The van der Waals surface area contributed by atoms with Crippen LogP contribution in [0.4, 0.5) is 0 Å². The number of carbonyl (C=O) groups excluding carboxylic acids is 1. The van der Waals surface area contributed by atoms with E-state index in [1.165, 1.54) is 0 Å². The quantitative estimate of drug-likeness (QED) is 0.716. The molecule has 1 amide bonds. The van der Waals surface area contributed by atoms with E-state index in [4.69, 9.17) is 4.74 Å². The highest BCUT2D eigenvalue weighted by molar-refractivity contribution is 5.89. The molecule has 0 aromatic heterocycles. The number of ether oxygens (including phenoxy) is 1. The SMILES string of the molecule is O=C(NC1(C(=O)O)CCOC1)C(O)c1ccccc1. The second-order valence-electron chi connectivity index (χ2n) is 4.49. The standard InChI is InChI=1S/C13H15NO5/c15-10(9-4-2-1-3-5-9)11(16)14-13(12(17)18)6-7-19-8-13/h1-5,10,15H,6-8H2,(H,14,16)(H,17,18). The van der Waals surface area contributed by atoms with Gasteiger partial charge in [-0.25, -0.2) is 4.79 Å². The molecular weight excluding hydrogens is 250 g/mol. The Bertz CT molecular complexity index is 467. The fourth-order valence-corrected chi connectivity index (χ4v) is 1.98. The van der Waals surface area contributed by atoms with Crippen molar-refractivity contribution in [1.82, 2.24) is 5.32 Å². The Kier molecular flexibility index (Phi) is 3.82. The van der Waals surface area contributed by atoms with Gasteiger partial charge in [0.1, 0.15) is 0 Å². The molecule has 102 valence electrons. The zero-order chi connectivity index (χ0) is 13.9. The molecule has 0 radical (unpaired) electrons. The lowest BCUT2D eigenvalue weighted by Crippen LogP contribution is -2.56. The van der Waals surface area contributed by atoms with Crippen molar-refractivity contribution in [2.45, 2.75) is 18.1 Å². The van der Waals surface area contributed by atoms with Gasteiger partial charge in [-0.15, -0.1) is 0 Å². The summed E-state index contributed by atoms with van der Waals surface area (Å²) in [6, 6.07) is 8.35. The third-order valence-electron chi connectivity index (χ3n) is 3.16. The first-order valence-corrected chi connectivity index (χ1v) is 5.91. The summed E-state index contributed by atoms with van der Waals surface area (Å²) in [5, 5.41) is 21.5. The number of aliphatic hydroxyl groups excluding tert-OH is 1. The number of aliphatic carboxylic acids is 1. The summed E-state index contributed by atoms with van der Waals surface area (Å²) in [5.41, 5.74) is -1.02. The fourth-order valence-electron chi connectivity index (χ4n) is 1.98. The number of carboxylic acid groups (broad SMARTS) is 1. The summed E-state index contributed by atoms with van der Waals surface area (Å²) in [6.07, 6.45) is -1.20. The number of carboxylic acids is 1. The minimum Gasteiger partial charge on any atom is -0.479 e. The van der Waals surface area contributed by atoms with E-state index in [1.54, 1.807) is 30.3 Å². The minimum atomic E-state index is -1.44. The Morgan fingerprint density at radius 2 is 2.00 bits per heavy atom. The van der Waals surface area contributed by atoms with Crippen LogP contribution in [-0.2, 0) is 14.3 Å². The summed E-state index contributed by atoms with van der Waals surface area (Å²) in [7, 11) is 0. The summed E-state index contributed by atoms with van der Waals surface area (Å²) >= 11 is 0. The molecule has 1 heterocycles. The molecule has 2 atom stereocenters. The van der Waals surface area contributed by atoms with Crippen LogP contribution in [0, 0.1) is 0 Å². The Balaban J connectivity index is 2.10. The monoisotopic (exact) mass is 265 g/mol. The second-order valence-corrected chi connectivity index (χ2v) is 4.49. The Morgan fingerprint density at radius 1 is 1.32 bits per heavy atom. The molecule has 6 heteroatoms. The molecule has 2 unspecified atom stereocenters. The lowest BCUT2D eigenvalue weighted by Gasteiger charge is -2.25. The van der Waals surface area contributed by atoms with E-state index in [0.717, 1.165) is 0 Å². The smallest absolute Gasteiger partial charge is 0.331 e. The van der Waals surface area contributed by atoms with E-state index in [1.807, 2.05) is 0 Å². The van der Waals surface area contributed by atoms with Crippen LogP contribution in [0.15, 0.2) is 30.3 Å². The van der Waals surface area contributed by atoms with E-state index in [0.29, 0.717) is 5.56 Å². The van der Waals surface area contributed by atoms with Gasteiger partial charge in [0.15, 0.2) is 11.6 Å². The molecule has 2 rings (SSSR count). The van der Waals surface area contributed by atoms with Crippen molar-refractivity contribution in [3.05, 3.63) is 35.9 Å². The van der Waals surface area contributed by atoms with Crippen LogP contribution < -0.4 is 5.32 Å². The zero-order valence-corrected chi connectivity index (χ0v) is 10.2. The zero-order valence-electron chi connectivity index (χ0n) is 10.2. The van der Waals surface area contributed by atoms with Crippen LogP contribution in [0.25, 0.3) is 0 Å². The van der Waals surface area contributed by atoms with Crippen LogP contribution in [0.2, 0.25) is 0 Å². The topological polar surface area (TPSA) is 95.9 Å². The van der Waals surface area contributed by atoms with Gasteiger partial charge in [-0.1, -0.05) is 30.3 Å². The highest BCUT2D eigenvalue weighted by atomic mass is 16.5. The van der Waals surface area contributed by atoms with E-state index >= 15 is 0 Å². The first-order chi connectivity index (χ1) is 9.05. The first kappa shape index (κ1) is 13.5. The maximum Gasteiger partial charge on any atom is 0.331 e. The average molecular weight is 265 g/mol. The van der Waals surface area contributed by atoms with Crippen molar-refractivity contribution in [1.29, 1.82) is 0 Å². The number of aliphatic hydroxyl groups is 1. The lowest BCUT2D eigenvalue weighted by molar-refractivity contribution is -0.149. The van der Waals surface area contributed by atoms with Crippen molar-refractivity contribution in [2.24, 2.45) is 0 Å². The number of amides is 1. The molecule has 0 spiro atoms. The van der Waals surface area contributed by atoms with Gasteiger partial charge in [-0.05, 0) is 5.56 Å². The van der Waals surface area contributed by atoms with Crippen LogP contribution in [0.3, 0.4) is 0 Å². The van der Waals surface area contributed by atoms with Gasteiger partial charge < -0.3 is 20.3 Å². The summed E-state index contributed by atoms with van der Waals surface area (Å²) in [6.45, 7) is 0.184. The Hall–Kier alpha value is -1.92. The first-order valence-electron chi connectivity index (χ1n) is 5.91. The van der Waals surface area contributed by atoms with Crippen LogP contribution >= 0.6 is 0 Å². The van der Waals surface area contributed by atoms with Gasteiger partial charge in [0, 0.05) is 13.0 Å². The third-order valence-corrected chi connectivity index (χ3v) is 3.16. The van der Waals surface area contributed by atoms with E-state index in [9.17, 15) is 19.8 Å². The maximum atomic E-state index is 11.9. The summed E-state index contributed by atoms with van der Waals surface area (Å²) in [4.78, 5) is 23.2. The fraction of sp³-hybridized carbons (Fsp3) is 0.385. The largest absolute Gasteiger partial charge is 0.479 e. The van der Waals surface area contributed by atoms with Crippen molar-refractivity contribution < 1.29 is 24.5 Å². The molecule has 6 nitrogen and oxygen atoms in total. The average Bonchev–Trinajstić information content (AvgIpc) is 2.88. The maximum absolute atomic E-state index is 11.9. The predicted octanol–water partition coefficient (Wildman–Crippen LogP) is 0.0799. The second kappa shape index (κ2) is 5.38. The number of hydrogen-bond acceptors (Lipinski definition) is 4.